The van der Waals surface area contributed by atoms with E-state index in [9.17, 15) is 0 Å². The largest absolute Gasteiger partial charge is 0.497 e. The van der Waals surface area contributed by atoms with Gasteiger partial charge in [-0.15, -0.1) is 0 Å². The lowest BCUT2D eigenvalue weighted by atomic mass is 9.87. The number of guanidine groups is 2. The summed E-state index contributed by atoms with van der Waals surface area (Å²) in [5.41, 5.74) is 12.7. The van der Waals surface area contributed by atoms with Crippen LogP contribution in [0.25, 0.3) is 0 Å². The summed E-state index contributed by atoms with van der Waals surface area (Å²) in [6.45, 7) is 0. The van der Waals surface area contributed by atoms with E-state index in [1.54, 1.807) is 7.11 Å². The molecule has 28 heavy (non-hydrogen) atoms. The van der Waals surface area contributed by atoms with Crippen LogP contribution in [-0.4, -0.2) is 24.7 Å². The van der Waals surface area contributed by atoms with Crippen LogP contribution in [0.1, 0.15) is 32.1 Å². The first-order valence-electron chi connectivity index (χ1n) is 9.51. The molecule has 1 fully saturated rings. The average molecular weight is 379 g/mol. The Hall–Kier alpha value is -3.22. The van der Waals surface area contributed by atoms with E-state index in [1.807, 2.05) is 53.4 Å². The molecule has 0 unspecified atom stereocenters. The number of methoxy groups -OCH3 is 1. The molecule has 0 bridgehead atoms. The van der Waals surface area contributed by atoms with Gasteiger partial charge in [-0.2, -0.15) is 4.99 Å². The fourth-order valence-electron chi connectivity index (χ4n) is 3.94. The maximum absolute atomic E-state index is 6.27. The number of hydrogen-bond donors (Lipinski definition) is 2. The Morgan fingerprint density at radius 3 is 2.04 bits per heavy atom. The highest BCUT2D eigenvalue weighted by molar-refractivity contribution is 6.05. The lowest BCUT2D eigenvalue weighted by Gasteiger charge is -2.45. The highest BCUT2D eigenvalue weighted by Gasteiger charge is 2.42. The summed E-state index contributed by atoms with van der Waals surface area (Å²) >= 11 is 0. The zero-order valence-electron chi connectivity index (χ0n) is 16.0. The van der Waals surface area contributed by atoms with E-state index >= 15 is 0 Å². The van der Waals surface area contributed by atoms with Gasteiger partial charge in [0, 0.05) is 5.69 Å². The molecular weight excluding hydrogens is 354 g/mol. The minimum Gasteiger partial charge on any atom is -0.497 e. The molecule has 4 N–H and O–H groups in total. The molecule has 7 nitrogen and oxygen atoms in total. The fourth-order valence-corrected chi connectivity index (χ4v) is 3.94. The van der Waals surface area contributed by atoms with E-state index in [1.165, 1.54) is 6.42 Å². The molecule has 1 spiro atoms. The highest BCUT2D eigenvalue weighted by atomic mass is 16.5. The van der Waals surface area contributed by atoms with Crippen molar-refractivity contribution in [3.05, 3.63) is 48.5 Å². The summed E-state index contributed by atoms with van der Waals surface area (Å²) in [6, 6.07) is 15.3. The number of aliphatic imine (C=N–C) groups is 2. The molecule has 2 aliphatic rings. The molecule has 2 aromatic carbocycles. The van der Waals surface area contributed by atoms with Crippen molar-refractivity contribution in [2.45, 2.75) is 37.8 Å². The van der Waals surface area contributed by atoms with Crippen LogP contribution < -0.4 is 25.8 Å². The van der Waals surface area contributed by atoms with Crippen molar-refractivity contribution in [1.82, 2.24) is 0 Å². The molecule has 2 aromatic rings. The molecular formula is C21H25N5O2. The monoisotopic (exact) mass is 379 g/mol. The quantitative estimate of drug-likeness (QED) is 0.846. The maximum atomic E-state index is 6.27. The van der Waals surface area contributed by atoms with Crippen LogP contribution in [0, 0.1) is 0 Å². The SMILES string of the molecule is COc1ccc(Oc2ccc(N3C(N)=NC(N)=NC34CCCCC4)cc2)cc1. The number of nitrogens with two attached hydrogens (primary N) is 2. The molecule has 0 saturated heterocycles. The molecule has 1 heterocycles. The number of hydrogen-bond acceptors (Lipinski definition) is 7. The van der Waals surface area contributed by atoms with Gasteiger partial charge in [0.1, 0.15) is 22.9 Å². The number of benzene rings is 2. The Morgan fingerprint density at radius 2 is 1.43 bits per heavy atom. The van der Waals surface area contributed by atoms with Gasteiger partial charge in [0.15, 0.2) is 0 Å². The van der Waals surface area contributed by atoms with Gasteiger partial charge in [-0.1, -0.05) is 6.42 Å². The van der Waals surface area contributed by atoms with E-state index in [4.69, 9.17) is 25.9 Å². The molecule has 0 amide bonds. The number of nitrogens with zero attached hydrogens (tertiary/aromatic N) is 3. The zero-order chi connectivity index (χ0) is 19.6. The normalized spacial score (nSPS) is 18.4. The van der Waals surface area contributed by atoms with E-state index in [-0.39, 0.29) is 5.96 Å². The smallest absolute Gasteiger partial charge is 0.220 e. The predicted octanol–water partition coefficient (Wildman–Crippen LogP) is 3.60. The second-order valence-corrected chi connectivity index (χ2v) is 7.09. The minimum absolute atomic E-state index is 0.259. The third-order valence-electron chi connectivity index (χ3n) is 5.24. The summed E-state index contributed by atoms with van der Waals surface area (Å²) in [6.07, 6.45) is 5.22. The second-order valence-electron chi connectivity index (χ2n) is 7.09. The number of anilines is 1. The van der Waals surface area contributed by atoms with Crippen LogP contribution in [0.2, 0.25) is 0 Å². The summed E-state index contributed by atoms with van der Waals surface area (Å²) in [7, 11) is 1.64. The van der Waals surface area contributed by atoms with Gasteiger partial charge in [0.2, 0.25) is 11.9 Å². The lowest BCUT2D eigenvalue weighted by molar-refractivity contribution is 0.305. The van der Waals surface area contributed by atoms with E-state index in [0.29, 0.717) is 5.96 Å². The fraction of sp³-hybridized carbons (Fsp3) is 0.333. The molecule has 0 radical (unpaired) electrons. The van der Waals surface area contributed by atoms with Crippen molar-refractivity contribution < 1.29 is 9.47 Å². The van der Waals surface area contributed by atoms with Crippen LogP contribution in [0.4, 0.5) is 5.69 Å². The summed E-state index contributed by atoms with van der Waals surface area (Å²) in [5, 5.41) is 0. The summed E-state index contributed by atoms with van der Waals surface area (Å²) in [4.78, 5) is 10.9. The molecule has 0 aromatic heterocycles. The van der Waals surface area contributed by atoms with Crippen molar-refractivity contribution in [1.29, 1.82) is 0 Å². The molecule has 7 heteroatoms. The molecule has 146 valence electrons. The van der Waals surface area contributed by atoms with Gasteiger partial charge in [0.05, 0.1) is 7.11 Å². The van der Waals surface area contributed by atoms with Crippen LogP contribution >= 0.6 is 0 Å². The van der Waals surface area contributed by atoms with Gasteiger partial charge in [-0.05, 0) is 74.2 Å². The van der Waals surface area contributed by atoms with Crippen LogP contribution in [-0.2, 0) is 0 Å². The third kappa shape index (κ3) is 3.47. The minimum atomic E-state index is -0.438. The average Bonchev–Trinajstić information content (AvgIpc) is 2.70. The van der Waals surface area contributed by atoms with Crippen molar-refractivity contribution >= 4 is 17.6 Å². The van der Waals surface area contributed by atoms with Crippen LogP contribution in [0.3, 0.4) is 0 Å². The van der Waals surface area contributed by atoms with Crippen LogP contribution in [0.5, 0.6) is 17.2 Å². The molecule has 1 aliphatic carbocycles. The van der Waals surface area contributed by atoms with Crippen molar-refractivity contribution in [2.75, 3.05) is 12.0 Å². The molecule has 4 rings (SSSR count). The number of rotatable bonds is 4. The third-order valence-corrected chi connectivity index (χ3v) is 5.24. The molecule has 1 aliphatic heterocycles. The first-order chi connectivity index (χ1) is 13.6. The maximum Gasteiger partial charge on any atom is 0.220 e. The lowest BCUT2D eigenvalue weighted by Crippen LogP contribution is -2.58. The Bertz CT molecular complexity index is 884. The number of ether oxygens (including phenoxy) is 2. The Morgan fingerprint density at radius 1 is 0.857 bits per heavy atom. The first-order valence-corrected chi connectivity index (χ1v) is 9.51. The topological polar surface area (TPSA) is 98.5 Å². The standard InChI is InChI=1S/C21H25N5O2/c1-27-16-9-11-18(12-10-16)28-17-7-5-15(6-8-17)26-20(23)24-19(22)25-21(26)13-3-2-4-14-21/h5-12H,2-4,13-14H2,1H3,(H4,22,23,24,25). The van der Waals surface area contributed by atoms with Crippen molar-refractivity contribution in [3.63, 3.8) is 0 Å². The summed E-state index contributed by atoms with van der Waals surface area (Å²) in [5.74, 6) is 2.92. The van der Waals surface area contributed by atoms with Crippen LogP contribution in [0.15, 0.2) is 58.5 Å². The van der Waals surface area contributed by atoms with Gasteiger partial charge in [-0.25, -0.2) is 4.99 Å². The van der Waals surface area contributed by atoms with Crippen molar-refractivity contribution in [2.24, 2.45) is 21.5 Å². The van der Waals surface area contributed by atoms with Gasteiger partial charge >= 0.3 is 0 Å². The van der Waals surface area contributed by atoms with E-state index in [2.05, 4.69) is 4.99 Å². The van der Waals surface area contributed by atoms with E-state index in [0.717, 1.165) is 48.6 Å². The van der Waals surface area contributed by atoms with Crippen molar-refractivity contribution in [3.8, 4) is 17.2 Å². The Labute approximate surface area is 164 Å². The van der Waals surface area contributed by atoms with Gasteiger partial charge in [-0.3, -0.25) is 4.90 Å². The van der Waals surface area contributed by atoms with E-state index < -0.39 is 5.66 Å². The summed E-state index contributed by atoms with van der Waals surface area (Å²) < 4.78 is 11.1. The van der Waals surface area contributed by atoms with Gasteiger partial charge in [0.25, 0.3) is 0 Å². The molecule has 0 atom stereocenters. The zero-order valence-corrected chi connectivity index (χ0v) is 16.0. The first kappa shape index (κ1) is 18.2. The molecule has 1 saturated carbocycles. The second kappa shape index (κ2) is 7.42. The predicted molar refractivity (Wildman–Crippen MR) is 111 cm³/mol. The highest BCUT2D eigenvalue weighted by Crippen LogP contribution is 2.40. The Balaban J connectivity index is 1.57. The Kier molecular flexibility index (Phi) is 4.81. The van der Waals surface area contributed by atoms with Gasteiger partial charge < -0.3 is 20.9 Å².